The lowest BCUT2D eigenvalue weighted by Crippen LogP contribution is -2.64. The van der Waals surface area contributed by atoms with Crippen molar-refractivity contribution in [2.24, 2.45) is 45.4 Å². The van der Waals surface area contributed by atoms with Crippen molar-refractivity contribution in [3.05, 3.63) is 0 Å². The van der Waals surface area contributed by atoms with Crippen LogP contribution in [0.25, 0.3) is 0 Å². The monoisotopic (exact) mass is 488 g/mol. The minimum absolute atomic E-state index is 0.00764. The first-order valence-electron chi connectivity index (χ1n) is 14.2. The van der Waals surface area contributed by atoms with Crippen LogP contribution in [-0.2, 0) is 9.53 Å². The fraction of sp³-hybridized carbons (Fsp3) is 0.931. The van der Waals surface area contributed by atoms with Crippen LogP contribution >= 0.6 is 0 Å². The highest BCUT2D eigenvalue weighted by Crippen LogP contribution is 2.66. The molecule has 0 aromatic heterocycles. The number of aliphatic hydroxyl groups is 2. The Morgan fingerprint density at radius 3 is 2.63 bits per heavy atom. The summed E-state index contributed by atoms with van der Waals surface area (Å²) in [5, 5.41) is 20.5. The molecule has 1 aliphatic heterocycles. The summed E-state index contributed by atoms with van der Waals surface area (Å²) in [5.41, 5.74) is 0.894. The quantitative estimate of drug-likeness (QED) is 0.590. The maximum atomic E-state index is 14.1. The van der Waals surface area contributed by atoms with Crippen LogP contribution in [0.5, 0.6) is 0 Å². The molecule has 198 valence electrons. The highest BCUT2D eigenvalue weighted by Gasteiger charge is 2.64. The fourth-order valence-electron chi connectivity index (χ4n) is 9.83. The van der Waals surface area contributed by atoms with Crippen molar-refractivity contribution in [1.29, 1.82) is 0 Å². The molecule has 6 heteroatoms. The third-order valence-electron chi connectivity index (χ3n) is 11.3. The van der Waals surface area contributed by atoms with E-state index in [0.29, 0.717) is 49.0 Å². The van der Waals surface area contributed by atoms with Crippen LogP contribution < -0.4 is 0 Å². The van der Waals surface area contributed by atoms with E-state index in [-0.39, 0.29) is 41.1 Å². The van der Waals surface area contributed by atoms with Crippen LogP contribution in [0.4, 0.5) is 0 Å². The van der Waals surface area contributed by atoms with Gasteiger partial charge in [-0.15, -0.1) is 0 Å². The highest BCUT2D eigenvalue weighted by molar-refractivity contribution is 5.89. The molecule has 0 spiro atoms. The summed E-state index contributed by atoms with van der Waals surface area (Å²) >= 11 is 0. The molecule has 5 aliphatic rings. The molecular weight excluding hydrogens is 440 g/mol. The van der Waals surface area contributed by atoms with Gasteiger partial charge in [0, 0.05) is 43.1 Å². The van der Waals surface area contributed by atoms with Crippen LogP contribution in [0.3, 0.4) is 0 Å². The van der Waals surface area contributed by atoms with Crippen LogP contribution in [0, 0.1) is 40.4 Å². The van der Waals surface area contributed by atoms with Gasteiger partial charge in [0.25, 0.3) is 0 Å². The van der Waals surface area contributed by atoms with E-state index >= 15 is 0 Å². The molecule has 0 unspecified atom stereocenters. The summed E-state index contributed by atoms with van der Waals surface area (Å²) in [5.74, 6) is 2.40. The predicted octanol–water partition coefficient (Wildman–Crippen LogP) is 3.73. The largest absolute Gasteiger partial charge is 0.394 e. The molecule has 9 atom stereocenters. The Morgan fingerprint density at radius 1 is 1.14 bits per heavy atom. The fourth-order valence-corrected chi connectivity index (χ4v) is 9.83. The summed E-state index contributed by atoms with van der Waals surface area (Å²) in [4.78, 5) is 21.2. The number of hydrogen-bond acceptors (Lipinski definition) is 6. The average Bonchev–Trinajstić information content (AvgIpc) is 3.13. The summed E-state index contributed by atoms with van der Waals surface area (Å²) in [6, 6.07) is 0.114. The van der Waals surface area contributed by atoms with Crippen LogP contribution in [0.2, 0.25) is 0 Å². The number of ketones is 1. The van der Waals surface area contributed by atoms with Crippen molar-refractivity contribution < 1.29 is 19.7 Å². The first kappa shape index (κ1) is 25.8. The second-order valence-corrected chi connectivity index (χ2v) is 13.7. The van der Waals surface area contributed by atoms with Gasteiger partial charge < -0.3 is 14.9 Å². The van der Waals surface area contributed by atoms with E-state index in [1.807, 2.05) is 0 Å². The Bertz CT molecular complexity index is 858. The molecule has 4 aliphatic carbocycles. The normalized spacial score (nSPS) is 48.3. The second kappa shape index (κ2) is 9.18. The van der Waals surface area contributed by atoms with Crippen molar-refractivity contribution in [2.45, 2.75) is 97.3 Å². The highest BCUT2D eigenvalue weighted by atomic mass is 16.5. The van der Waals surface area contributed by atoms with Gasteiger partial charge in [0.1, 0.15) is 5.78 Å². The number of carbonyl (C=O) groups excluding carboxylic acids is 1. The molecule has 0 aromatic carbocycles. The van der Waals surface area contributed by atoms with E-state index in [0.717, 1.165) is 50.9 Å². The number of aliphatic hydroxyl groups excluding tert-OH is 2. The molecule has 0 bridgehead atoms. The number of nitrogens with zero attached hydrogens (tertiary/aromatic N) is 2. The average molecular weight is 489 g/mol. The van der Waals surface area contributed by atoms with Gasteiger partial charge in [-0.2, -0.15) is 0 Å². The molecule has 0 radical (unpaired) electrons. The van der Waals surface area contributed by atoms with Crippen LogP contribution in [-0.4, -0.2) is 77.2 Å². The third-order valence-corrected chi connectivity index (χ3v) is 11.3. The minimum atomic E-state index is -0.316. The maximum absolute atomic E-state index is 14.1. The molecule has 1 saturated heterocycles. The molecule has 2 N–H and O–H groups in total. The van der Waals surface area contributed by atoms with Crippen LogP contribution in [0.1, 0.15) is 79.6 Å². The van der Waals surface area contributed by atoms with Gasteiger partial charge in [-0.1, -0.05) is 13.8 Å². The Morgan fingerprint density at radius 2 is 1.91 bits per heavy atom. The summed E-state index contributed by atoms with van der Waals surface area (Å²) in [6.07, 6.45) is 6.66. The first-order valence-corrected chi connectivity index (χ1v) is 14.2. The lowest BCUT2D eigenvalue weighted by atomic mass is 9.43. The number of carbonyl (C=O) groups is 1. The van der Waals surface area contributed by atoms with Crippen LogP contribution in [0.15, 0.2) is 4.99 Å². The molecule has 1 heterocycles. The molecular formula is C29H48N2O4. The molecule has 35 heavy (non-hydrogen) atoms. The van der Waals surface area contributed by atoms with Crippen molar-refractivity contribution >= 4 is 11.5 Å². The Balaban J connectivity index is 1.41. The number of rotatable bonds is 4. The zero-order valence-corrected chi connectivity index (χ0v) is 22.6. The van der Waals surface area contributed by atoms with E-state index in [1.165, 1.54) is 6.42 Å². The molecule has 5 fully saturated rings. The van der Waals surface area contributed by atoms with E-state index < -0.39 is 0 Å². The molecule has 4 saturated carbocycles. The number of hydrogen-bond donors (Lipinski definition) is 2. The van der Waals surface area contributed by atoms with Gasteiger partial charge >= 0.3 is 0 Å². The van der Waals surface area contributed by atoms with Crippen molar-refractivity contribution in [1.82, 2.24) is 4.90 Å². The van der Waals surface area contributed by atoms with Gasteiger partial charge in [-0.05, 0) is 87.9 Å². The molecule has 0 aromatic rings. The summed E-state index contributed by atoms with van der Waals surface area (Å²) in [7, 11) is 0. The zero-order valence-electron chi connectivity index (χ0n) is 22.6. The first-order chi connectivity index (χ1) is 16.5. The van der Waals surface area contributed by atoms with E-state index in [2.05, 4.69) is 44.5 Å². The smallest absolute Gasteiger partial charge is 0.137 e. The lowest BCUT2D eigenvalue weighted by Gasteiger charge is -2.62. The third kappa shape index (κ3) is 4.24. The standard InChI is InChI=1S/C29H48N2O4/c1-18(30-10-12-32)21-8-9-22-20-7-6-19-14-24(33)23(31-11-13-35-27(2,3)17-31)15-28(19,4)26(20)25(34)16-29(21,22)5/h19-24,26,32-33H,6-17H2,1-5H3/b30-18+/t19-,20-,21+,22-,23-,24-,26+,28-,29+/m0/s1. The topological polar surface area (TPSA) is 82.4 Å². The number of Topliss-reactive ketones (excluding diaryl/α,β-unsaturated/α-hetero) is 1. The van der Waals surface area contributed by atoms with Gasteiger partial charge in [0.15, 0.2) is 0 Å². The summed E-state index contributed by atoms with van der Waals surface area (Å²) in [6.45, 7) is 14.1. The molecule has 0 amide bonds. The SMILES string of the molecule is C/C(=N\CCO)[C@H]1CC[C@H]2[C@@H]3CC[C@H]4C[C@H](O)[C@@H](N5CCOC(C)(C)C5)C[C@]4(C)[C@H]3C(=O)C[C@]12C. The van der Waals surface area contributed by atoms with Crippen molar-refractivity contribution in [3.63, 3.8) is 0 Å². The number of aliphatic imine (C=N–C) groups is 1. The molecule has 5 rings (SSSR count). The molecule has 6 nitrogen and oxygen atoms in total. The summed E-state index contributed by atoms with van der Waals surface area (Å²) < 4.78 is 5.97. The predicted molar refractivity (Wildman–Crippen MR) is 137 cm³/mol. The number of fused-ring (bicyclic) bond motifs is 5. The number of morpholine rings is 1. The van der Waals surface area contributed by atoms with E-state index in [9.17, 15) is 15.0 Å². The van der Waals surface area contributed by atoms with Crippen molar-refractivity contribution in [2.75, 3.05) is 32.8 Å². The zero-order chi connectivity index (χ0) is 25.2. The number of ether oxygens (including phenoxy) is 1. The Labute approximate surface area is 211 Å². The van der Waals surface area contributed by atoms with Gasteiger partial charge in [-0.3, -0.25) is 14.7 Å². The van der Waals surface area contributed by atoms with Gasteiger partial charge in [0.05, 0.1) is 31.5 Å². The maximum Gasteiger partial charge on any atom is 0.137 e. The van der Waals surface area contributed by atoms with Crippen molar-refractivity contribution in [3.8, 4) is 0 Å². The van der Waals surface area contributed by atoms with E-state index in [1.54, 1.807) is 0 Å². The minimum Gasteiger partial charge on any atom is -0.394 e. The van der Waals surface area contributed by atoms with Gasteiger partial charge in [0.2, 0.25) is 0 Å². The second-order valence-electron chi connectivity index (χ2n) is 13.7. The van der Waals surface area contributed by atoms with E-state index in [4.69, 9.17) is 4.74 Å². The Kier molecular flexibility index (Phi) is 6.77. The Hall–Kier alpha value is -0.820. The lowest BCUT2D eigenvalue weighted by molar-refractivity contribution is -0.176. The van der Waals surface area contributed by atoms with Gasteiger partial charge in [-0.25, -0.2) is 0 Å².